The first-order valence-electron chi connectivity index (χ1n) is 4.69. The molecule has 0 unspecified atom stereocenters. The van der Waals surface area contributed by atoms with E-state index in [2.05, 4.69) is 0 Å². The van der Waals surface area contributed by atoms with Gasteiger partial charge in [0.05, 0.1) is 0 Å². The van der Waals surface area contributed by atoms with Gasteiger partial charge in [0.15, 0.2) is 11.5 Å². The van der Waals surface area contributed by atoms with Crippen molar-refractivity contribution in [2.75, 3.05) is 6.54 Å². The lowest BCUT2D eigenvalue weighted by Crippen LogP contribution is -2.06. The Hall–Kier alpha value is -1.43. The van der Waals surface area contributed by atoms with Crippen LogP contribution < -0.4 is 5.73 Å². The molecule has 0 heterocycles. The third-order valence-electron chi connectivity index (χ3n) is 2.19. The molecule has 16 heavy (non-hydrogen) atoms. The van der Waals surface area contributed by atoms with Gasteiger partial charge in [-0.25, -0.2) is 0 Å². The first kappa shape index (κ1) is 12.6. The summed E-state index contributed by atoms with van der Waals surface area (Å²) in [6.45, 7) is 0.362. The molecule has 0 aromatic heterocycles. The van der Waals surface area contributed by atoms with Crippen molar-refractivity contribution in [2.45, 2.75) is 19.0 Å². The van der Waals surface area contributed by atoms with Crippen LogP contribution in [0, 0.1) is 0 Å². The minimum absolute atomic E-state index is 0.260. The number of rotatable bonds is 3. The summed E-state index contributed by atoms with van der Waals surface area (Å²) in [5, 5.41) is 18.6. The molecule has 0 fully saturated rings. The van der Waals surface area contributed by atoms with E-state index in [1.807, 2.05) is 0 Å². The maximum atomic E-state index is 12.3. The van der Waals surface area contributed by atoms with Crippen molar-refractivity contribution in [3.8, 4) is 11.5 Å². The number of aryl methyl sites for hydroxylation is 1. The van der Waals surface area contributed by atoms with Crippen LogP contribution in [0.3, 0.4) is 0 Å². The molecule has 6 heteroatoms. The molecular formula is C10H12F3NO2. The fourth-order valence-corrected chi connectivity index (χ4v) is 1.34. The van der Waals surface area contributed by atoms with Gasteiger partial charge in [0, 0.05) is 0 Å². The van der Waals surface area contributed by atoms with E-state index in [0.29, 0.717) is 19.4 Å². The van der Waals surface area contributed by atoms with E-state index in [1.165, 1.54) is 0 Å². The van der Waals surface area contributed by atoms with Crippen molar-refractivity contribution in [2.24, 2.45) is 5.73 Å². The van der Waals surface area contributed by atoms with E-state index in [9.17, 15) is 23.4 Å². The number of phenolic OH excluding ortho intramolecular Hbond substituents is 2. The maximum Gasteiger partial charge on any atom is 0.420 e. The van der Waals surface area contributed by atoms with E-state index in [4.69, 9.17) is 5.73 Å². The predicted octanol–water partition coefficient (Wildman–Crippen LogP) is 2.01. The Labute approximate surface area is 90.3 Å². The second-order valence-corrected chi connectivity index (χ2v) is 3.36. The van der Waals surface area contributed by atoms with Gasteiger partial charge in [0.25, 0.3) is 0 Å². The Bertz CT molecular complexity index is 377. The number of aromatic hydroxyl groups is 2. The Morgan fingerprint density at radius 1 is 1.12 bits per heavy atom. The summed E-state index contributed by atoms with van der Waals surface area (Å²) in [5.74, 6) is -1.84. The molecule has 0 bridgehead atoms. The van der Waals surface area contributed by atoms with Crippen molar-refractivity contribution in [1.29, 1.82) is 0 Å². The molecule has 90 valence electrons. The van der Waals surface area contributed by atoms with Crippen molar-refractivity contribution in [3.05, 3.63) is 23.3 Å². The van der Waals surface area contributed by atoms with Crippen molar-refractivity contribution < 1.29 is 23.4 Å². The van der Waals surface area contributed by atoms with E-state index >= 15 is 0 Å². The van der Waals surface area contributed by atoms with Gasteiger partial charge < -0.3 is 15.9 Å². The molecule has 1 rings (SSSR count). The second-order valence-electron chi connectivity index (χ2n) is 3.36. The molecule has 0 amide bonds. The first-order chi connectivity index (χ1) is 7.38. The lowest BCUT2D eigenvalue weighted by atomic mass is 10.0. The summed E-state index contributed by atoms with van der Waals surface area (Å²) in [6.07, 6.45) is -3.82. The third-order valence-corrected chi connectivity index (χ3v) is 2.19. The van der Waals surface area contributed by atoms with Crippen LogP contribution in [-0.4, -0.2) is 16.8 Å². The van der Waals surface area contributed by atoms with Crippen LogP contribution in [0.25, 0.3) is 0 Å². The Morgan fingerprint density at radius 2 is 1.75 bits per heavy atom. The quantitative estimate of drug-likeness (QED) is 0.702. The average Bonchev–Trinajstić information content (AvgIpc) is 2.18. The van der Waals surface area contributed by atoms with Crippen LogP contribution in [0.2, 0.25) is 0 Å². The number of alkyl halides is 3. The molecule has 0 radical (unpaired) electrons. The van der Waals surface area contributed by atoms with Crippen molar-refractivity contribution >= 4 is 0 Å². The molecule has 1 aromatic carbocycles. The van der Waals surface area contributed by atoms with Gasteiger partial charge in [-0.1, -0.05) is 6.07 Å². The Morgan fingerprint density at radius 3 is 2.25 bits per heavy atom. The lowest BCUT2D eigenvalue weighted by Gasteiger charge is -2.12. The topological polar surface area (TPSA) is 66.5 Å². The molecule has 0 saturated heterocycles. The first-order valence-corrected chi connectivity index (χ1v) is 4.69. The monoisotopic (exact) mass is 235 g/mol. The standard InChI is InChI=1S/C10H12F3NO2/c11-10(12,13)7-4-3-6(2-1-5-14)8(15)9(7)16/h3-4,15-16H,1-2,5,14H2. The fourth-order valence-electron chi connectivity index (χ4n) is 1.34. The fraction of sp³-hybridized carbons (Fsp3) is 0.400. The number of hydrogen-bond acceptors (Lipinski definition) is 3. The van der Waals surface area contributed by atoms with Crippen LogP contribution >= 0.6 is 0 Å². The van der Waals surface area contributed by atoms with Gasteiger partial charge in [0.2, 0.25) is 0 Å². The van der Waals surface area contributed by atoms with Gasteiger partial charge in [-0.05, 0) is 31.0 Å². The van der Waals surface area contributed by atoms with E-state index < -0.39 is 23.2 Å². The highest BCUT2D eigenvalue weighted by Crippen LogP contribution is 2.42. The molecule has 0 spiro atoms. The number of benzene rings is 1. The van der Waals surface area contributed by atoms with Crippen molar-refractivity contribution in [3.63, 3.8) is 0 Å². The summed E-state index contributed by atoms with van der Waals surface area (Å²) >= 11 is 0. The van der Waals surface area contributed by atoms with Gasteiger partial charge >= 0.3 is 6.18 Å². The molecule has 0 aliphatic carbocycles. The normalized spacial score (nSPS) is 11.8. The zero-order chi connectivity index (χ0) is 12.3. The highest BCUT2D eigenvalue weighted by molar-refractivity contribution is 5.51. The summed E-state index contributed by atoms with van der Waals surface area (Å²) in [5.41, 5.74) is 4.26. The molecule has 0 aliphatic rings. The van der Waals surface area contributed by atoms with Crippen LogP contribution in [0.4, 0.5) is 13.2 Å². The zero-order valence-electron chi connectivity index (χ0n) is 8.38. The lowest BCUT2D eigenvalue weighted by molar-refractivity contribution is -0.138. The average molecular weight is 235 g/mol. The van der Waals surface area contributed by atoms with E-state index in [0.717, 1.165) is 12.1 Å². The molecule has 0 saturated carbocycles. The summed E-state index contributed by atoms with van der Waals surface area (Å²) in [6, 6.07) is 1.90. The van der Waals surface area contributed by atoms with Crippen LogP contribution in [0.5, 0.6) is 11.5 Å². The Balaban J connectivity index is 3.08. The smallest absolute Gasteiger partial charge is 0.420 e. The third kappa shape index (κ3) is 2.57. The SMILES string of the molecule is NCCCc1ccc(C(F)(F)F)c(O)c1O. The van der Waals surface area contributed by atoms with Crippen LogP contribution in [-0.2, 0) is 12.6 Å². The summed E-state index contributed by atoms with van der Waals surface area (Å²) < 4.78 is 37.0. The number of phenols is 2. The van der Waals surface area contributed by atoms with Gasteiger partial charge in [-0.3, -0.25) is 0 Å². The minimum atomic E-state index is -4.67. The molecular weight excluding hydrogens is 223 g/mol. The number of nitrogens with two attached hydrogens (primary N) is 1. The highest BCUT2D eigenvalue weighted by Gasteiger charge is 2.35. The van der Waals surface area contributed by atoms with Gasteiger partial charge in [-0.2, -0.15) is 13.2 Å². The van der Waals surface area contributed by atoms with E-state index in [1.54, 1.807) is 0 Å². The Kier molecular flexibility index (Phi) is 3.64. The molecule has 4 N–H and O–H groups in total. The summed E-state index contributed by atoms with van der Waals surface area (Å²) in [7, 11) is 0. The van der Waals surface area contributed by atoms with Crippen LogP contribution in [0.1, 0.15) is 17.5 Å². The van der Waals surface area contributed by atoms with Crippen molar-refractivity contribution in [1.82, 2.24) is 0 Å². The zero-order valence-corrected chi connectivity index (χ0v) is 8.38. The minimum Gasteiger partial charge on any atom is -0.504 e. The molecule has 0 aliphatic heterocycles. The largest absolute Gasteiger partial charge is 0.504 e. The van der Waals surface area contributed by atoms with Gasteiger partial charge in [-0.15, -0.1) is 0 Å². The molecule has 0 atom stereocenters. The molecule has 1 aromatic rings. The van der Waals surface area contributed by atoms with Crippen LogP contribution in [0.15, 0.2) is 12.1 Å². The second kappa shape index (κ2) is 4.61. The molecule has 3 nitrogen and oxygen atoms in total. The van der Waals surface area contributed by atoms with E-state index in [-0.39, 0.29) is 5.56 Å². The van der Waals surface area contributed by atoms with Gasteiger partial charge in [0.1, 0.15) is 5.56 Å². The maximum absolute atomic E-state index is 12.3. The number of halogens is 3. The predicted molar refractivity (Wildman–Crippen MR) is 52.1 cm³/mol. The summed E-state index contributed by atoms with van der Waals surface area (Å²) in [4.78, 5) is 0. The number of hydrogen-bond donors (Lipinski definition) is 3. The highest BCUT2D eigenvalue weighted by atomic mass is 19.4.